The second kappa shape index (κ2) is 7.10. The van der Waals surface area contributed by atoms with Gasteiger partial charge in [0.05, 0.1) is 12.1 Å². The fraction of sp³-hybridized carbons (Fsp3) is 0.333. The van der Waals surface area contributed by atoms with Crippen LogP contribution in [0.15, 0.2) is 53.0 Å². The molecule has 2 nitrogen and oxygen atoms in total. The molecule has 0 fully saturated rings. The largest absolute Gasteiger partial charge is 0.394 e. The molecule has 21 heavy (non-hydrogen) atoms. The Bertz CT molecular complexity index is 576. The Morgan fingerprint density at radius 2 is 1.71 bits per heavy atom. The number of anilines is 1. The van der Waals surface area contributed by atoms with Gasteiger partial charge < -0.3 is 10.4 Å². The molecule has 0 aliphatic carbocycles. The molecule has 3 heteroatoms. The van der Waals surface area contributed by atoms with E-state index in [-0.39, 0.29) is 6.61 Å². The summed E-state index contributed by atoms with van der Waals surface area (Å²) in [6.07, 6.45) is 1.83. The van der Waals surface area contributed by atoms with Crippen LogP contribution < -0.4 is 5.32 Å². The van der Waals surface area contributed by atoms with Crippen molar-refractivity contribution in [2.45, 2.75) is 32.2 Å². The predicted octanol–water partition coefficient (Wildman–Crippen LogP) is 4.72. The molecule has 0 spiro atoms. The molecule has 2 N–H and O–H groups in total. The molecule has 1 atom stereocenters. The van der Waals surface area contributed by atoms with Crippen molar-refractivity contribution in [3.63, 3.8) is 0 Å². The SMILES string of the molecule is CCc1ccc(C(CC)(CO)Nc2ccccc2Br)cc1. The third-order valence-electron chi connectivity index (χ3n) is 4.04. The second-order valence-electron chi connectivity index (χ2n) is 5.25. The van der Waals surface area contributed by atoms with Crippen LogP contribution in [0.2, 0.25) is 0 Å². The summed E-state index contributed by atoms with van der Waals surface area (Å²) < 4.78 is 1.00. The summed E-state index contributed by atoms with van der Waals surface area (Å²) in [6, 6.07) is 16.5. The minimum atomic E-state index is -0.462. The predicted molar refractivity (Wildman–Crippen MR) is 92.6 cm³/mol. The molecule has 1 unspecified atom stereocenters. The van der Waals surface area contributed by atoms with Gasteiger partial charge in [-0.05, 0) is 52.0 Å². The van der Waals surface area contributed by atoms with E-state index >= 15 is 0 Å². The highest BCUT2D eigenvalue weighted by molar-refractivity contribution is 9.10. The standard InChI is InChI=1S/C18H22BrNO/c1-3-14-9-11-15(12-10-14)18(4-2,13-21)20-17-8-6-5-7-16(17)19/h5-12,20-21H,3-4,13H2,1-2H3. The van der Waals surface area contributed by atoms with Crippen LogP contribution in [0.25, 0.3) is 0 Å². The van der Waals surface area contributed by atoms with Crippen LogP contribution in [0.1, 0.15) is 31.4 Å². The number of aliphatic hydroxyl groups is 1. The van der Waals surface area contributed by atoms with Gasteiger partial charge in [0.25, 0.3) is 0 Å². The van der Waals surface area contributed by atoms with Crippen LogP contribution >= 0.6 is 15.9 Å². The number of hydrogen-bond acceptors (Lipinski definition) is 2. The lowest BCUT2D eigenvalue weighted by atomic mass is 9.87. The van der Waals surface area contributed by atoms with Gasteiger partial charge in [0.1, 0.15) is 0 Å². The maximum absolute atomic E-state index is 10.0. The Morgan fingerprint density at radius 3 is 2.24 bits per heavy atom. The second-order valence-corrected chi connectivity index (χ2v) is 6.10. The molecule has 0 heterocycles. The van der Waals surface area contributed by atoms with Crippen molar-refractivity contribution in [3.05, 3.63) is 64.1 Å². The lowest BCUT2D eigenvalue weighted by molar-refractivity contribution is 0.207. The zero-order valence-corrected chi connectivity index (χ0v) is 14.2. The lowest BCUT2D eigenvalue weighted by Gasteiger charge is -2.34. The number of halogens is 1. The summed E-state index contributed by atoms with van der Waals surface area (Å²) in [6.45, 7) is 4.29. The first-order valence-corrected chi connectivity index (χ1v) is 8.17. The van der Waals surface area contributed by atoms with Crippen molar-refractivity contribution in [2.75, 3.05) is 11.9 Å². The maximum Gasteiger partial charge on any atom is 0.0854 e. The highest BCUT2D eigenvalue weighted by Gasteiger charge is 2.30. The summed E-state index contributed by atoms with van der Waals surface area (Å²) in [7, 11) is 0. The van der Waals surface area contributed by atoms with Crippen molar-refractivity contribution in [1.29, 1.82) is 0 Å². The molecule has 2 rings (SSSR count). The fourth-order valence-corrected chi connectivity index (χ4v) is 2.87. The van der Waals surface area contributed by atoms with E-state index in [1.54, 1.807) is 0 Å². The van der Waals surface area contributed by atoms with Gasteiger partial charge in [0.2, 0.25) is 0 Å². The normalized spacial score (nSPS) is 13.7. The lowest BCUT2D eigenvalue weighted by Crippen LogP contribution is -2.38. The van der Waals surface area contributed by atoms with Gasteiger partial charge >= 0.3 is 0 Å². The Hall–Kier alpha value is -1.32. The molecule has 0 saturated heterocycles. The van der Waals surface area contributed by atoms with Gasteiger partial charge in [-0.25, -0.2) is 0 Å². The molecule has 2 aromatic rings. The number of aliphatic hydroxyl groups excluding tert-OH is 1. The number of nitrogens with one attached hydrogen (secondary N) is 1. The highest BCUT2D eigenvalue weighted by atomic mass is 79.9. The van der Waals surface area contributed by atoms with Gasteiger partial charge in [0.15, 0.2) is 0 Å². The van der Waals surface area contributed by atoms with Crippen LogP contribution in [-0.2, 0) is 12.0 Å². The van der Waals surface area contributed by atoms with E-state index < -0.39 is 5.54 Å². The molecular formula is C18H22BrNO. The smallest absolute Gasteiger partial charge is 0.0854 e. The topological polar surface area (TPSA) is 32.3 Å². The molecule has 0 saturated carbocycles. The minimum Gasteiger partial charge on any atom is -0.394 e. The van der Waals surface area contributed by atoms with E-state index in [0.29, 0.717) is 0 Å². The van der Waals surface area contributed by atoms with Crippen LogP contribution in [-0.4, -0.2) is 11.7 Å². The summed E-state index contributed by atoms with van der Waals surface area (Å²) in [4.78, 5) is 0. The Labute approximate surface area is 135 Å². The third kappa shape index (κ3) is 3.47. The van der Waals surface area contributed by atoms with Crippen LogP contribution in [0, 0.1) is 0 Å². The number of hydrogen-bond donors (Lipinski definition) is 2. The molecule has 0 radical (unpaired) electrons. The first-order valence-electron chi connectivity index (χ1n) is 7.38. The summed E-state index contributed by atoms with van der Waals surface area (Å²) in [5.74, 6) is 0. The zero-order valence-electron chi connectivity index (χ0n) is 12.6. The summed E-state index contributed by atoms with van der Waals surface area (Å²) in [5.41, 5.74) is 2.95. The van der Waals surface area contributed by atoms with Gasteiger partial charge in [0, 0.05) is 10.2 Å². The first kappa shape index (κ1) is 16.1. The Morgan fingerprint density at radius 1 is 1.05 bits per heavy atom. The molecular weight excluding hydrogens is 326 g/mol. The summed E-state index contributed by atoms with van der Waals surface area (Å²) >= 11 is 3.56. The molecule has 0 aliphatic rings. The Kier molecular flexibility index (Phi) is 5.43. The minimum absolute atomic E-state index is 0.0519. The van der Waals surface area contributed by atoms with Gasteiger partial charge in [-0.3, -0.25) is 0 Å². The van der Waals surface area contributed by atoms with Crippen molar-refractivity contribution in [2.24, 2.45) is 0 Å². The van der Waals surface area contributed by atoms with E-state index in [4.69, 9.17) is 0 Å². The Balaban J connectivity index is 2.37. The van der Waals surface area contributed by atoms with Crippen LogP contribution in [0.5, 0.6) is 0 Å². The molecule has 2 aromatic carbocycles. The number of para-hydroxylation sites is 1. The fourth-order valence-electron chi connectivity index (χ4n) is 2.49. The van der Waals surface area contributed by atoms with Crippen LogP contribution in [0.4, 0.5) is 5.69 Å². The van der Waals surface area contributed by atoms with Crippen molar-refractivity contribution in [1.82, 2.24) is 0 Å². The van der Waals surface area contributed by atoms with E-state index in [2.05, 4.69) is 59.4 Å². The number of rotatable bonds is 6. The monoisotopic (exact) mass is 347 g/mol. The molecule has 112 valence electrons. The van der Waals surface area contributed by atoms with Crippen LogP contribution in [0.3, 0.4) is 0 Å². The average Bonchev–Trinajstić information content (AvgIpc) is 2.55. The molecule has 0 aromatic heterocycles. The van der Waals surface area contributed by atoms with Gasteiger partial charge in [-0.15, -0.1) is 0 Å². The van der Waals surface area contributed by atoms with Crippen molar-refractivity contribution in [3.8, 4) is 0 Å². The molecule has 0 aliphatic heterocycles. The average molecular weight is 348 g/mol. The molecule has 0 bridgehead atoms. The van der Waals surface area contributed by atoms with E-state index in [0.717, 1.165) is 28.6 Å². The number of aryl methyl sites for hydroxylation is 1. The van der Waals surface area contributed by atoms with E-state index in [9.17, 15) is 5.11 Å². The van der Waals surface area contributed by atoms with Gasteiger partial charge in [-0.1, -0.05) is 50.2 Å². The van der Waals surface area contributed by atoms with Crippen molar-refractivity contribution >= 4 is 21.6 Å². The molecule has 0 amide bonds. The van der Waals surface area contributed by atoms with E-state index in [1.165, 1.54) is 5.56 Å². The number of benzene rings is 2. The summed E-state index contributed by atoms with van der Waals surface area (Å²) in [5, 5.41) is 13.5. The highest BCUT2D eigenvalue weighted by Crippen LogP contribution is 2.33. The zero-order chi connectivity index (χ0) is 15.3. The quantitative estimate of drug-likeness (QED) is 0.792. The third-order valence-corrected chi connectivity index (χ3v) is 4.73. The maximum atomic E-state index is 10.0. The van der Waals surface area contributed by atoms with Crippen molar-refractivity contribution < 1.29 is 5.11 Å². The van der Waals surface area contributed by atoms with E-state index in [1.807, 2.05) is 24.3 Å². The first-order chi connectivity index (χ1) is 10.1. The van der Waals surface area contributed by atoms with Gasteiger partial charge in [-0.2, -0.15) is 0 Å².